The molecule has 192 valence electrons. The molecule has 3 aromatic heterocycles. The van der Waals surface area contributed by atoms with E-state index < -0.39 is 0 Å². The van der Waals surface area contributed by atoms with E-state index in [1.165, 1.54) is 0 Å². The molecule has 0 bridgehead atoms. The second kappa shape index (κ2) is 10.1. The molecule has 3 aliphatic carbocycles. The van der Waals surface area contributed by atoms with Gasteiger partial charge in [-0.05, 0) is 16.7 Å². The van der Waals surface area contributed by atoms with E-state index in [0.717, 1.165) is 33.8 Å². The van der Waals surface area contributed by atoms with Crippen molar-refractivity contribution in [3.05, 3.63) is 143 Å². The molecule has 0 saturated heterocycles. The highest BCUT2D eigenvalue weighted by molar-refractivity contribution is 5.34. The van der Waals surface area contributed by atoms with Crippen LogP contribution in [0.1, 0.15) is 51.5 Å². The lowest BCUT2D eigenvalue weighted by Gasteiger charge is -2.10. The van der Waals surface area contributed by atoms with Crippen LogP contribution in [0.4, 0.5) is 0 Å². The Bertz CT molecular complexity index is 1430. The van der Waals surface area contributed by atoms with Gasteiger partial charge in [-0.25, -0.2) is 14.0 Å². The van der Waals surface area contributed by atoms with Crippen molar-refractivity contribution in [2.24, 2.45) is 0 Å². The summed E-state index contributed by atoms with van der Waals surface area (Å²) in [5.41, 5.74) is 6.27. The molecule has 0 radical (unpaired) electrons. The maximum absolute atomic E-state index is 4.40. The Morgan fingerprint density at radius 3 is 1.00 bits per heavy atom. The van der Waals surface area contributed by atoms with Crippen LogP contribution in [0.3, 0.4) is 0 Å². The fourth-order valence-electron chi connectivity index (χ4n) is 5.19. The van der Waals surface area contributed by atoms with Crippen molar-refractivity contribution < 1.29 is 0 Å². The molecule has 4 aromatic rings. The van der Waals surface area contributed by atoms with E-state index >= 15 is 0 Å². The summed E-state index contributed by atoms with van der Waals surface area (Å²) in [6.07, 6.45) is 31.1. The van der Waals surface area contributed by atoms with E-state index in [2.05, 4.69) is 85.6 Å². The van der Waals surface area contributed by atoms with Crippen LogP contribution in [-0.4, -0.2) is 45.0 Å². The van der Waals surface area contributed by atoms with Crippen LogP contribution in [0.2, 0.25) is 0 Å². The Morgan fingerprint density at radius 1 is 0.436 bits per heavy atom. The van der Waals surface area contributed by atoms with Gasteiger partial charge in [0.25, 0.3) is 0 Å². The van der Waals surface area contributed by atoms with Crippen molar-refractivity contribution in [1.82, 2.24) is 45.0 Å². The Balaban J connectivity index is 1.15. The van der Waals surface area contributed by atoms with Gasteiger partial charge >= 0.3 is 0 Å². The monoisotopic (exact) mass is 513 g/mol. The summed E-state index contributed by atoms with van der Waals surface area (Å²) >= 11 is 0. The fourth-order valence-corrected chi connectivity index (χ4v) is 5.19. The van der Waals surface area contributed by atoms with Crippen LogP contribution in [0.5, 0.6) is 0 Å². The molecule has 0 saturated carbocycles. The highest BCUT2D eigenvalue weighted by Gasteiger charge is 2.15. The Kier molecular flexibility index (Phi) is 6.01. The number of hydrogen-bond acceptors (Lipinski definition) is 6. The van der Waals surface area contributed by atoms with Crippen molar-refractivity contribution in [3.63, 3.8) is 0 Å². The molecule has 7 rings (SSSR count). The number of benzene rings is 1. The molecule has 0 spiro atoms. The van der Waals surface area contributed by atoms with E-state index in [1.807, 2.05) is 69.1 Å². The minimum Gasteiger partial charge on any atom is -0.248 e. The first-order valence-corrected chi connectivity index (χ1v) is 13.1. The second-order valence-corrected chi connectivity index (χ2v) is 10.1. The van der Waals surface area contributed by atoms with Crippen molar-refractivity contribution in [3.8, 4) is 0 Å². The average molecular weight is 514 g/mol. The third kappa shape index (κ3) is 5.11. The number of allylic oxidation sites excluding steroid dienone is 12. The van der Waals surface area contributed by atoms with E-state index in [1.54, 1.807) is 0 Å². The topological polar surface area (TPSA) is 92.1 Å². The van der Waals surface area contributed by atoms with E-state index in [-0.39, 0.29) is 17.8 Å². The van der Waals surface area contributed by atoms with Crippen LogP contribution < -0.4 is 0 Å². The largest absolute Gasteiger partial charge is 0.248 e. The van der Waals surface area contributed by atoms with Crippen molar-refractivity contribution in [2.45, 2.75) is 37.4 Å². The molecule has 0 N–H and O–H groups in total. The number of nitrogens with zero attached hydrogens (tertiary/aromatic N) is 9. The summed E-state index contributed by atoms with van der Waals surface area (Å²) in [4.78, 5) is 0. The summed E-state index contributed by atoms with van der Waals surface area (Å²) in [6, 6.07) is 6.62. The predicted molar refractivity (Wildman–Crippen MR) is 147 cm³/mol. The molecule has 9 heteroatoms. The zero-order valence-corrected chi connectivity index (χ0v) is 21.3. The van der Waals surface area contributed by atoms with Gasteiger partial charge in [-0.2, -0.15) is 0 Å². The SMILES string of the molecule is C1=CC(c2cn(Cc3cc(Cn4cc(C5C=CC=C5)nn4)cc(Cn4cc(C5C=CC=C5)nn4)c3)nn2)C=C1. The molecule has 0 aliphatic heterocycles. The molecule has 3 aliphatic rings. The van der Waals surface area contributed by atoms with Crippen LogP contribution in [-0.2, 0) is 19.6 Å². The van der Waals surface area contributed by atoms with Gasteiger partial charge in [0, 0.05) is 36.3 Å². The van der Waals surface area contributed by atoms with Crippen molar-refractivity contribution in [2.75, 3.05) is 0 Å². The fraction of sp³-hybridized carbons (Fsp3) is 0.200. The molecule has 0 amide bonds. The van der Waals surface area contributed by atoms with Gasteiger partial charge in [0.2, 0.25) is 0 Å². The predicted octanol–water partition coefficient (Wildman–Crippen LogP) is 4.23. The van der Waals surface area contributed by atoms with Crippen LogP contribution >= 0.6 is 0 Å². The zero-order valence-electron chi connectivity index (χ0n) is 21.3. The van der Waals surface area contributed by atoms with E-state index in [4.69, 9.17) is 0 Å². The van der Waals surface area contributed by atoms with E-state index in [9.17, 15) is 0 Å². The van der Waals surface area contributed by atoms with Gasteiger partial charge in [-0.15, -0.1) is 15.3 Å². The van der Waals surface area contributed by atoms with Crippen LogP contribution in [0.15, 0.2) is 110 Å². The summed E-state index contributed by atoms with van der Waals surface area (Å²) < 4.78 is 5.70. The maximum atomic E-state index is 4.40. The molecular weight excluding hydrogens is 486 g/mol. The first-order valence-electron chi connectivity index (χ1n) is 13.1. The normalized spacial score (nSPS) is 16.6. The lowest BCUT2D eigenvalue weighted by atomic mass is 10.0. The summed E-state index contributed by atoms with van der Waals surface area (Å²) in [5.74, 6) is 0.577. The smallest absolute Gasteiger partial charge is 0.0933 e. The molecule has 0 unspecified atom stereocenters. The summed E-state index contributed by atoms with van der Waals surface area (Å²) in [6.45, 7) is 1.86. The molecule has 9 nitrogen and oxygen atoms in total. The van der Waals surface area contributed by atoms with Gasteiger partial charge in [-0.1, -0.05) is 107 Å². The first kappa shape index (κ1) is 23.2. The minimum atomic E-state index is 0.192. The average Bonchev–Trinajstić information content (AvgIpc) is 3.77. The molecular formula is C30H27N9. The van der Waals surface area contributed by atoms with Gasteiger partial charge in [-0.3, -0.25) is 0 Å². The summed E-state index contributed by atoms with van der Waals surface area (Å²) in [7, 11) is 0. The Morgan fingerprint density at radius 2 is 0.718 bits per heavy atom. The number of hydrogen-bond donors (Lipinski definition) is 0. The lowest BCUT2D eigenvalue weighted by molar-refractivity contribution is 0.628. The van der Waals surface area contributed by atoms with Gasteiger partial charge < -0.3 is 0 Å². The third-order valence-corrected chi connectivity index (χ3v) is 7.08. The van der Waals surface area contributed by atoms with E-state index in [0.29, 0.717) is 19.6 Å². The van der Waals surface area contributed by atoms with Gasteiger partial charge in [0.05, 0.1) is 36.7 Å². The lowest BCUT2D eigenvalue weighted by Crippen LogP contribution is -2.07. The van der Waals surface area contributed by atoms with Crippen molar-refractivity contribution in [1.29, 1.82) is 0 Å². The Hall–Kier alpha value is -4.92. The van der Waals surface area contributed by atoms with Crippen LogP contribution in [0, 0.1) is 0 Å². The molecule has 39 heavy (non-hydrogen) atoms. The second-order valence-electron chi connectivity index (χ2n) is 10.1. The Labute approximate surface area is 225 Å². The molecule has 0 fully saturated rings. The minimum absolute atomic E-state index is 0.192. The molecule has 3 heterocycles. The molecule has 1 aromatic carbocycles. The zero-order chi connectivity index (χ0) is 26.0. The highest BCUT2D eigenvalue weighted by Crippen LogP contribution is 2.23. The molecule has 0 atom stereocenters. The summed E-state index contributed by atoms with van der Waals surface area (Å²) in [5, 5.41) is 26.4. The highest BCUT2D eigenvalue weighted by atomic mass is 15.4. The van der Waals surface area contributed by atoms with Crippen molar-refractivity contribution >= 4 is 0 Å². The quantitative estimate of drug-likeness (QED) is 0.333. The first-order chi connectivity index (χ1) is 19.2. The number of aromatic nitrogens is 9. The van der Waals surface area contributed by atoms with Gasteiger partial charge in [0.1, 0.15) is 0 Å². The standard InChI is InChI=1S/C30H27N9/c1-2-8-25(7-1)28-19-37(34-31-28)16-22-13-23(17-38-20-29(32-35-38)26-9-3-4-10-26)15-24(14-22)18-39-21-30(33-36-39)27-11-5-6-12-27/h1-15,19-21,25-27H,16-18H2. The third-order valence-electron chi connectivity index (χ3n) is 7.08. The maximum Gasteiger partial charge on any atom is 0.0933 e. The number of rotatable bonds is 9. The van der Waals surface area contributed by atoms with Gasteiger partial charge in [0.15, 0.2) is 0 Å². The van der Waals surface area contributed by atoms with Crippen LogP contribution in [0.25, 0.3) is 0 Å².